The van der Waals surface area contributed by atoms with Gasteiger partial charge in [-0.15, -0.1) is 5.10 Å². The Kier molecular flexibility index (Phi) is 6.99. The van der Waals surface area contributed by atoms with Crippen molar-refractivity contribution in [3.63, 3.8) is 0 Å². The molecule has 0 fully saturated rings. The average Bonchev–Trinajstić information content (AvgIpc) is 3.20. The number of thioether (sulfide) groups is 1. The lowest BCUT2D eigenvalue weighted by Crippen LogP contribution is -2.20. The van der Waals surface area contributed by atoms with Gasteiger partial charge in [0.05, 0.1) is 24.0 Å². The van der Waals surface area contributed by atoms with E-state index in [-0.39, 0.29) is 12.6 Å². The van der Waals surface area contributed by atoms with Crippen molar-refractivity contribution in [2.45, 2.75) is 18.2 Å². The molecule has 9 heteroatoms. The van der Waals surface area contributed by atoms with Gasteiger partial charge in [-0.1, -0.05) is 30.0 Å². The van der Waals surface area contributed by atoms with Crippen molar-refractivity contribution in [3.05, 3.63) is 60.2 Å². The number of aliphatic hydroxyl groups is 1. The fraction of sp³-hybridized carbons (Fsp3) is 0.263. The van der Waals surface area contributed by atoms with Gasteiger partial charge in [-0.25, -0.2) is 4.79 Å². The van der Waals surface area contributed by atoms with E-state index in [0.717, 1.165) is 5.69 Å². The number of nitrogens with zero attached hydrogens (tertiary/aromatic N) is 4. The van der Waals surface area contributed by atoms with Gasteiger partial charge in [0.25, 0.3) is 0 Å². The molecule has 1 atom stereocenters. The summed E-state index contributed by atoms with van der Waals surface area (Å²) in [5, 5.41) is 22.4. The fourth-order valence-electron chi connectivity index (χ4n) is 2.31. The van der Waals surface area contributed by atoms with Gasteiger partial charge < -0.3 is 14.6 Å². The molecule has 1 N–H and O–H groups in total. The van der Waals surface area contributed by atoms with Crippen molar-refractivity contribution in [2.24, 2.45) is 0 Å². The number of benzene rings is 2. The topological polar surface area (TPSA) is 99.4 Å². The van der Waals surface area contributed by atoms with Crippen molar-refractivity contribution in [3.8, 4) is 11.4 Å². The van der Waals surface area contributed by atoms with Crippen LogP contribution < -0.4 is 4.74 Å². The maximum absolute atomic E-state index is 11.6. The standard InChI is InChI=1S/C19H20N4O4S/c1-2-26-18(25)14-8-10-17(11-9-14)27-12-16(24)13-28-19-20-21-22-23(19)15-6-4-3-5-7-15/h3-11,16,24H,2,12-13H2,1H3. The van der Waals surface area contributed by atoms with Gasteiger partial charge in [0.15, 0.2) is 0 Å². The molecular weight excluding hydrogens is 380 g/mol. The minimum Gasteiger partial charge on any atom is -0.491 e. The summed E-state index contributed by atoms with van der Waals surface area (Å²) >= 11 is 1.34. The lowest BCUT2D eigenvalue weighted by Gasteiger charge is -2.12. The van der Waals surface area contributed by atoms with Crippen molar-refractivity contribution in [2.75, 3.05) is 19.0 Å². The molecule has 0 spiro atoms. The molecule has 0 saturated heterocycles. The Morgan fingerprint density at radius 1 is 1.18 bits per heavy atom. The number of ether oxygens (including phenoxy) is 2. The van der Waals surface area contributed by atoms with E-state index in [4.69, 9.17) is 9.47 Å². The molecule has 0 saturated carbocycles. The highest BCUT2D eigenvalue weighted by molar-refractivity contribution is 7.99. The Balaban J connectivity index is 1.49. The second-order valence-electron chi connectivity index (χ2n) is 5.73. The third-order valence-electron chi connectivity index (χ3n) is 3.65. The minimum atomic E-state index is -0.712. The number of tetrazole rings is 1. The van der Waals surface area contributed by atoms with E-state index in [9.17, 15) is 9.90 Å². The first-order chi connectivity index (χ1) is 13.7. The highest BCUT2D eigenvalue weighted by atomic mass is 32.2. The van der Waals surface area contributed by atoms with Crippen molar-refractivity contribution in [1.82, 2.24) is 20.2 Å². The van der Waals surface area contributed by atoms with Crippen LogP contribution in [-0.2, 0) is 4.74 Å². The van der Waals surface area contributed by atoms with Gasteiger partial charge in [0, 0.05) is 5.75 Å². The summed E-state index contributed by atoms with van der Waals surface area (Å²) in [5.74, 6) is 0.557. The van der Waals surface area contributed by atoms with Crippen LogP contribution in [0.25, 0.3) is 5.69 Å². The molecule has 28 heavy (non-hydrogen) atoms. The Hall–Kier alpha value is -2.91. The monoisotopic (exact) mass is 400 g/mol. The SMILES string of the molecule is CCOC(=O)c1ccc(OCC(O)CSc2nnnn2-c2ccccc2)cc1. The highest BCUT2D eigenvalue weighted by Gasteiger charge is 2.13. The number of esters is 1. The number of hydrogen-bond donors (Lipinski definition) is 1. The zero-order chi connectivity index (χ0) is 19.8. The van der Waals surface area contributed by atoms with Gasteiger partial charge in [0.1, 0.15) is 12.4 Å². The molecule has 2 aromatic carbocycles. The van der Waals surface area contributed by atoms with E-state index >= 15 is 0 Å². The van der Waals surface area contributed by atoms with Crippen molar-refractivity contribution in [1.29, 1.82) is 0 Å². The summed E-state index contributed by atoms with van der Waals surface area (Å²) in [4.78, 5) is 11.6. The molecule has 0 amide bonds. The van der Waals surface area contributed by atoms with Crippen LogP contribution in [0.2, 0.25) is 0 Å². The molecule has 0 aliphatic carbocycles. The predicted octanol–water partition coefficient (Wildman–Crippen LogP) is 2.37. The molecule has 3 rings (SSSR count). The van der Waals surface area contributed by atoms with Crippen LogP contribution in [-0.4, -0.2) is 56.4 Å². The molecule has 146 valence electrons. The maximum Gasteiger partial charge on any atom is 0.338 e. The Morgan fingerprint density at radius 3 is 2.64 bits per heavy atom. The normalized spacial score (nSPS) is 11.8. The van der Waals surface area contributed by atoms with E-state index in [1.54, 1.807) is 35.9 Å². The number of aliphatic hydroxyl groups excluding tert-OH is 1. The second kappa shape index (κ2) is 9.86. The molecule has 0 aliphatic rings. The average molecular weight is 400 g/mol. The Bertz CT molecular complexity index is 886. The number of para-hydroxylation sites is 1. The van der Waals surface area contributed by atoms with E-state index in [0.29, 0.717) is 28.8 Å². The largest absolute Gasteiger partial charge is 0.491 e. The van der Waals surface area contributed by atoms with E-state index in [1.807, 2.05) is 30.3 Å². The number of aromatic nitrogens is 4. The molecule has 0 bridgehead atoms. The fourth-order valence-corrected chi connectivity index (χ4v) is 3.11. The minimum absolute atomic E-state index is 0.110. The first kappa shape index (κ1) is 19.8. The zero-order valence-corrected chi connectivity index (χ0v) is 16.1. The Morgan fingerprint density at radius 2 is 1.93 bits per heavy atom. The van der Waals surface area contributed by atoms with Gasteiger partial charge in [-0.2, -0.15) is 4.68 Å². The van der Waals surface area contributed by atoms with Crippen LogP contribution in [0.5, 0.6) is 5.75 Å². The molecule has 1 aromatic heterocycles. The smallest absolute Gasteiger partial charge is 0.338 e. The first-order valence-corrected chi connectivity index (χ1v) is 9.70. The lowest BCUT2D eigenvalue weighted by molar-refractivity contribution is 0.0526. The van der Waals surface area contributed by atoms with Gasteiger partial charge >= 0.3 is 5.97 Å². The predicted molar refractivity (Wildman–Crippen MR) is 104 cm³/mol. The maximum atomic E-state index is 11.6. The van der Waals surface area contributed by atoms with E-state index < -0.39 is 6.10 Å². The summed E-state index contributed by atoms with van der Waals surface area (Å²) in [6.07, 6.45) is -0.712. The van der Waals surface area contributed by atoms with Crippen LogP contribution in [0.4, 0.5) is 0 Å². The van der Waals surface area contributed by atoms with Crippen LogP contribution in [0.15, 0.2) is 59.8 Å². The van der Waals surface area contributed by atoms with Crippen LogP contribution >= 0.6 is 11.8 Å². The lowest BCUT2D eigenvalue weighted by atomic mass is 10.2. The first-order valence-electron chi connectivity index (χ1n) is 8.72. The quantitative estimate of drug-likeness (QED) is 0.432. The van der Waals surface area contributed by atoms with Crippen LogP contribution in [0, 0.1) is 0 Å². The summed E-state index contributed by atoms with van der Waals surface area (Å²) in [7, 11) is 0. The summed E-state index contributed by atoms with van der Waals surface area (Å²) < 4.78 is 12.1. The van der Waals surface area contributed by atoms with Crippen molar-refractivity contribution < 1.29 is 19.4 Å². The number of hydrogen-bond acceptors (Lipinski definition) is 8. The third kappa shape index (κ3) is 5.30. The molecule has 0 aliphatic heterocycles. The van der Waals surface area contributed by atoms with Crippen molar-refractivity contribution >= 4 is 17.7 Å². The molecule has 1 unspecified atom stereocenters. The van der Waals surface area contributed by atoms with Crippen LogP contribution in [0.3, 0.4) is 0 Å². The summed E-state index contributed by atoms with van der Waals surface area (Å²) in [6.45, 7) is 2.19. The zero-order valence-electron chi connectivity index (χ0n) is 15.3. The van der Waals surface area contributed by atoms with Crippen LogP contribution in [0.1, 0.15) is 17.3 Å². The highest BCUT2D eigenvalue weighted by Crippen LogP contribution is 2.19. The van der Waals surface area contributed by atoms with E-state index in [1.165, 1.54) is 11.8 Å². The molecule has 0 radical (unpaired) electrons. The number of rotatable bonds is 9. The second-order valence-corrected chi connectivity index (χ2v) is 6.72. The Labute approximate surface area is 166 Å². The summed E-state index contributed by atoms with van der Waals surface area (Å²) in [5.41, 5.74) is 1.31. The third-order valence-corrected chi connectivity index (χ3v) is 4.72. The van der Waals surface area contributed by atoms with Gasteiger partial charge in [0.2, 0.25) is 5.16 Å². The number of carbonyl (C=O) groups excluding carboxylic acids is 1. The molecular formula is C19H20N4O4S. The molecule has 3 aromatic rings. The van der Waals surface area contributed by atoms with Gasteiger partial charge in [-0.3, -0.25) is 0 Å². The van der Waals surface area contributed by atoms with E-state index in [2.05, 4.69) is 15.5 Å². The molecule has 8 nitrogen and oxygen atoms in total. The van der Waals surface area contributed by atoms with Gasteiger partial charge in [-0.05, 0) is 53.7 Å². The summed E-state index contributed by atoms with van der Waals surface area (Å²) in [6, 6.07) is 16.1. The number of carbonyl (C=O) groups is 1. The molecule has 1 heterocycles.